The monoisotopic (exact) mass is 286 g/mol. The van der Waals surface area contributed by atoms with E-state index in [0.29, 0.717) is 13.0 Å². The van der Waals surface area contributed by atoms with Crippen LogP contribution in [0, 0.1) is 0 Å². The quantitative estimate of drug-likeness (QED) is 0.827. The topological polar surface area (TPSA) is 71.2 Å². The zero-order valence-electron chi connectivity index (χ0n) is 11.7. The van der Waals surface area contributed by atoms with Gasteiger partial charge in [-0.2, -0.15) is 0 Å². The molecular weight excluding hydrogens is 264 g/mol. The number of amides is 1. The van der Waals surface area contributed by atoms with Crippen LogP contribution in [0.2, 0.25) is 0 Å². The summed E-state index contributed by atoms with van der Waals surface area (Å²) in [4.78, 5) is 17.9. The lowest BCUT2D eigenvalue weighted by Gasteiger charge is -2.17. The van der Waals surface area contributed by atoms with E-state index in [2.05, 4.69) is 10.3 Å². The Morgan fingerprint density at radius 1 is 1.53 bits per heavy atom. The Hall–Kier alpha value is -1.33. The number of hydrogen-bond donors (Lipinski definition) is 2. The van der Waals surface area contributed by atoms with Gasteiger partial charge < -0.3 is 16.0 Å². The first-order chi connectivity index (χ1) is 8.56. The van der Waals surface area contributed by atoms with Crippen LogP contribution in [0.4, 0.5) is 5.82 Å². The SMILES string of the molecule is CCCC(N)C(=O)NCc1cccnc1N(C)C.Cl. The minimum atomic E-state index is -0.422. The highest BCUT2D eigenvalue weighted by atomic mass is 35.5. The van der Waals surface area contributed by atoms with Crippen LogP contribution in [0.1, 0.15) is 25.3 Å². The molecule has 0 saturated heterocycles. The molecule has 5 nitrogen and oxygen atoms in total. The van der Waals surface area contributed by atoms with E-state index >= 15 is 0 Å². The van der Waals surface area contributed by atoms with E-state index in [1.807, 2.05) is 38.1 Å². The smallest absolute Gasteiger partial charge is 0.237 e. The van der Waals surface area contributed by atoms with E-state index in [1.165, 1.54) is 0 Å². The predicted octanol–water partition coefficient (Wildman–Crippen LogP) is 1.31. The van der Waals surface area contributed by atoms with Crippen molar-refractivity contribution in [3.8, 4) is 0 Å². The molecule has 0 bridgehead atoms. The Morgan fingerprint density at radius 2 is 2.21 bits per heavy atom. The van der Waals surface area contributed by atoms with E-state index in [4.69, 9.17) is 5.73 Å². The second-order valence-corrected chi connectivity index (χ2v) is 4.49. The lowest BCUT2D eigenvalue weighted by molar-refractivity contribution is -0.122. The van der Waals surface area contributed by atoms with Gasteiger partial charge in [0.15, 0.2) is 0 Å². The van der Waals surface area contributed by atoms with E-state index < -0.39 is 6.04 Å². The second-order valence-electron chi connectivity index (χ2n) is 4.49. The Balaban J connectivity index is 0.00000324. The number of hydrogen-bond acceptors (Lipinski definition) is 4. The fourth-order valence-corrected chi connectivity index (χ4v) is 1.73. The Labute approximate surface area is 121 Å². The number of halogens is 1. The minimum Gasteiger partial charge on any atom is -0.362 e. The molecule has 1 unspecified atom stereocenters. The van der Waals surface area contributed by atoms with Gasteiger partial charge in [-0.3, -0.25) is 4.79 Å². The molecule has 1 aromatic heterocycles. The van der Waals surface area contributed by atoms with Gasteiger partial charge in [0.1, 0.15) is 5.82 Å². The summed E-state index contributed by atoms with van der Waals surface area (Å²) in [6.07, 6.45) is 3.35. The summed E-state index contributed by atoms with van der Waals surface area (Å²) in [6, 6.07) is 3.39. The molecule has 19 heavy (non-hydrogen) atoms. The molecule has 1 atom stereocenters. The number of carbonyl (C=O) groups is 1. The number of aromatic nitrogens is 1. The first kappa shape index (κ1) is 17.7. The molecule has 0 fully saturated rings. The van der Waals surface area contributed by atoms with Crippen molar-refractivity contribution >= 4 is 24.1 Å². The molecule has 1 amide bonds. The zero-order chi connectivity index (χ0) is 13.5. The molecule has 0 saturated carbocycles. The van der Waals surface area contributed by atoms with E-state index in [9.17, 15) is 4.79 Å². The molecule has 0 radical (unpaired) electrons. The average molecular weight is 287 g/mol. The molecule has 1 aromatic rings. The largest absolute Gasteiger partial charge is 0.362 e. The Kier molecular flexibility index (Phi) is 8.11. The number of nitrogens with two attached hydrogens (primary N) is 1. The van der Waals surface area contributed by atoms with Crippen LogP contribution in [0.25, 0.3) is 0 Å². The molecule has 0 aliphatic heterocycles. The van der Waals surface area contributed by atoms with Gasteiger partial charge in [0.05, 0.1) is 6.04 Å². The molecule has 0 spiro atoms. The summed E-state index contributed by atoms with van der Waals surface area (Å²) >= 11 is 0. The normalized spacial score (nSPS) is 11.4. The third-order valence-corrected chi connectivity index (χ3v) is 2.68. The van der Waals surface area contributed by atoms with Gasteiger partial charge in [0, 0.05) is 32.4 Å². The highest BCUT2D eigenvalue weighted by Crippen LogP contribution is 2.13. The average Bonchev–Trinajstić information content (AvgIpc) is 2.36. The summed E-state index contributed by atoms with van der Waals surface area (Å²) in [6.45, 7) is 2.47. The van der Waals surface area contributed by atoms with Crippen LogP contribution in [-0.4, -0.2) is 31.0 Å². The number of nitrogens with zero attached hydrogens (tertiary/aromatic N) is 2. The van der Waals surface area contributed by atoms with Crippen molar-refractivity contribution in [3.63, 3.8) is 0 Å². The van der Waals surface area contributed by atoms with Crippen LogP contribution < -0.4 is 16.0 Å². The second kappa shape index (κ2) is 8.72. The highest BCUT2D eigenvalue weighted by molar-refractivity contribution is 5.85. The molecule has 6 heteroatoms. The van der Waals surface area contributed by atoms with Crippen LogP contribution in [0.5, 0.6) is 0 Å². The van der Waals surface area contributed by atoms with Crippen molar-refractivity contribution in [2.24, 2.45) is 5.73 Å². The highest BCUT2D eigenvalue weighted by Gasteiger charge is 2.13. The van der Waals surface area contributed by atoms with Gasteiger partial charge in [-0.25, -0.2) is 4.98 Å². The standard InChI is InChI=1S/C13H22N4O.ClH/c1-4-6-11(14)13(18)16-9-10-7-5-8-15-12(10)17(2)3;/h5,7-8,11H,4,6,9,14H2,1-3H3,(H,16,18);1H. The van der Waals surface area contributed by atoms with Gasteiger partial charge in [0.2, 0.25) is 5.91 Å². The summed E-state index contributed by atoms with van der Waals surface area (Å²) in [5.41, 5.74) is 6.74. The molecule has 0 aliphatic rings. The molecule has 108 valence electrons. The number of rotatable bonds is 6. The molecule has 1 heterocycles. The Bertz CT molecular complexity index is 398. The first-order valence-electron chi connectivity index (χ1n) is 6.20. The Morgan fingerprint density at radius 3 is 2.79 bits per heavy atom. The van der Waals surface area contributed by atoms with Gasteiger partial charge in [-0.15, -0.1) is 12.4 Å². The van der Waals surface area contributed by atoms with Crippen molar-refractivity contribution in [1.82, 2.24) is 10.3 Å². The molecule has 1 rings (SSSR count). The summed E-state index contributed by atoms with van der Waals surface area (Å²) in [5, 5.41) is 2.85. The fourth-order valence-electron chi connectivity index (χ4n) is 1.73. The van der Waals surface area contributed by atoms with Gasteiger partial charge >= 0.3 is 0 Å². The predicted molar refractivity (Wildman–Crippen MR) is 80.5 cm³/mol. The van der Waals surface area contributed by atoms with E-state index in [-0.39, 0.29) is 18.3 Å². The molecule has 3 N–H and O–H groups in total. The van der Waals surface area contributed by atoms with Gasteiger partial charge in [0.25, 0.3) is 0 Å². The van der Waals surface area contributed by atoms with E-state index in [0.717, 1.165) is 17.8 Å². The zero-order valence-corrected chi connectivity index (χ0v) is 12.5. The van der Waals surface area contributed by atoms with Crippen LogP contribution >= 0.6 is 12.4 Å². The maximum absolute atomic E-state index is 11.7. The molecule has 0 aliphatic carbocycles. The minimum absolute atomic E-state index is 0. The summed E-state index contributed by atoms with van der Waals surface area (Å²) < 4.78 is 0. The van der Waals surface area contributed by atoms with Crippen LogP contribution in [0.3, 0.4) is 0 Å². The maximum atomic E-state index is 11.7. The third kappa shape index (κ3) is 5.44. The van der Waals surface area contributed by atoms with Crippen molar-refractivity contribution in [2.75, 3.05) is 19.0 Å². The van der Waals surface area contributed by atoms with Crippen molar-refractivity contribution in [3.05, 3.63) is 23.9 Å². The molecular formula is C13H23ClN4O. The lowest BCUT2D eigenvalue weighted by Crippen LogP contribution is -2.40. The fraction of sp³-hybridized carbons (Fsp3) is 0.538. The van der Waals surface area contributed by atoms with Crippen LogP contribution in [0.15, 0.2) is 18.3 Å². The third-order valence-electron chi connectivity index (χ3n) is 2.68. The van der Waals surface area contributed by atoms with Crippen molar-refractivity contribution in [1.29, 1.82) is 0 Å². The van der Waals surface area contributed by atoms with Gasteiger partial charge in [-0.05, 0) is 12.5 Å². The lowest BCUT2D eigenvalue weighted by atomic mass is 10.1. The molecule has 0 aromatic carbocycles. The number of nitrogens with one attached hydrogen (secondary N) is 1. The number of pyridine rings is 1. The summed E-state index contributed by atoms with van der Waals surface area (Å²) in [7, 11) is 3.85. The van der Waals surface area contributed by atoms with Crippen molar-refractivity contribution < 1.29 is 4.79 Å². The maximum Gasteiger partial charge on any atom is 0.237 e. The first-order valence-corrected chi connectivity index (χ1v) is 6.20. The number of anilines is 1. The van der Waals surface area contributed by atoms with Crippen molar-refractivity contribution in [2.45, 2.75) is 32.4 Å². The van der Waals surface area contributed by atoms with E-state index in [1.54, 1.807) is 6.20 Å². The van der Waals surface area contributed by atoms with Crippen LogP contribution in [-0.2, 0) is 11.3 Å². The summed E-state index contributed by atoms with van der Waals surface area (Å²) in [5.74, 6) is 0.757. The van der Waals surface area contributed by atoms with Gasteiger partial charge in [-0.1, -0.05) is 19.4 Å². The number of carbonyl (C=O) groups excluding carboxylic acids is 1.